The fourth-order valence-electron chi connectivity index (χ4n) is 4.31. The molecular weight excluding hydrogens is 342 g/mol. The minimum Gasteiger partial charge on any atom is -0.341 e. The van der Waals surface area contributed by atoms with Crippen LogP contribution in [0.3, 0.4) is 0 Å². The zero-order valence-electron chi connectivity index (χ0n) is 15.7. The average molecular weight is 372 g/mol. The molecule has 2 aromatic rings. The van der Waals surface area contributed by atoms with Crippen molar-refractivity contribution in [3.8, 4) is 0 Å². The van der Waals surface area contributed by atoms with Crippen molar-refractivity contribution in [2.75, 3.05) is 26.2 Å². The van der Waals surface area contributed by atoms with E-state index in [2.05, 4.69) is 41.0 Å². The van der Waals surface area contributed by atoms with E-state index in [0.29, 0.717) is 11.8 Å². The minimum atomic E-state index is 0.0180. The molecule has 2 aliphatic heterocycles. The smallest absolute Gasteiger partial charge is 0.239 e. The molecule has 0 radical (unpaired) electrons. The van der Waals surface area contributed by atoms with Gasteiger partial charge < -0.3 is 4.90 Å². The van der Waals surface area contributed by atoms with E-state index in [9.17, 15) is 4.79 Å². The number of nitrogens with zero attached hydrogens (tertiary/aromatic N) is 3. The second kappa shape index (κ2) is 8.05. The van der Waals surface area contributed by atoms with E-state index in [1.807, 2.05) is 11.3 Å². The highest BCUT2D eigenvalue weighted by atomic mass is 32.1. The molecule has 0 spiro atoms. The van der Waals surface area contributed by atoms with E-state index in [1.165, 1.54) is 22.5 Å². The Morgan fingerprint density at radius 2 is 1.77 bits per heavy atom. The van der Waals surface area contributed by atoms with Gasteiger partial charge in [0.05, 0.1) is 21.3 Å². The number of hydrogen-bond acceptors (Lipinski definition) is 4. The first kappa shape index (κ1) is 17.9. The van der Waals surface area contributed by atoms with Crippen LogP contribution in [0.15, 0.2) is 24.3 Å². The van der Waals surface area contributed by atoms with Gasteiger partial charge in [-0.05, 0) is 57.8 Å². The number of piperidine rings is 1. The van der Waals surface area contributed by atoms with Crippen molar-refractivity contribution in [1.29, 1.82) is 0 Å². The fraction of sp³-hybridized carbons (Fsp3) is 0.619. The van der Waals surface area contributed by atoms with Gasteiger partial charge in [-0.25, -0.2) is 4.98 Å². The third kappa shape index (κ3) is 3.79. The summed E-state index contributed by atoms with van der Waals surface area (Å²) in [6, 6.07) is 8.43. The normalized spacial score (nSPS) is 21.7. The number of likely N-dealkylation sites (tertiary alicyclic amines) is 2. The molecule has 1 aromatic carbocycles. The largest absolute Gasteiger partial charge is 0.341 e. The highest BCUT2D eigenvalue weighted by molar-refractivity contribution is 7.18. The van der Waals surface area contributed by atoms with Crippen LogP contribution >= 0.6 is 11.3 Å². The number of fused-ring (bicyclic) bond motifs is 1. The molecule has 0 aliphatic carbocycles. The molecule has 2 saturated heterocycles. The monoisotopic (exact) mass is 371 g/mol. The molecule has 1 atom stereocenters. The number of carbonyl (C=O) groups excluding carboxylic acids is 1. The summed E-state index contributed by atoms with van der Waals surface area (Å²) in [4.78, 5) is 22.2. The second-order valence-electron chi connectivity index (χ2n) is 7.75. The van der Waals surface area contributed by atoms with Crippen LogP contribution in [0, 0.1) is 0 Å². The van der Waals surface area contributed by atoms with E-state index < -0.39 is 0 Å². The number of carbonyl (C=O) groups is 1. The van der Waals surface area contributed by atoms with Crippen LogP contribution in [0.25, 0.3) is 10.2 Å². The Morgan fingerprint density at radius 3 is 2.46 bits per heavy atom. The van der Waals surface area contributed by atoms with Crippen molar-refractivity contribution >= 4 is 27.5 Å². The van der Waals surface area contributed by atoms with Crippen LogP contribution in [-0.4, -0.2) is 52.9 Å². The maximum atomic E-state index is 12.9. The van der Waals surface area contributed by atoms with Crippen LogP contribution in [-0.2, 0) is 4.79 Å². The highest BCUT2D eigenvalue weighted by Gasteiger charge is 2.31. The van der Waals surface area contributed by atoms with Crippen LogP contribution in [0.2, 0.25) is 0 Å². The van der Waals surface area contributed by atoms with Gasteiger partial charge in [0.2, 0.25) is 5.91 Å². The molecule has 0 N–H and O–H groups in total. The zero-order valence-corrected chi connectivity index (χ0v) is 16.5. The topological polar surface area (TPSA) is 36.4 Å². The number of benzene rings is 1. The standard InChI is InChI=1S/C21H29N3OS/c1-16(21(25)24-12-6-2-3-7-13-24)23-14-10-17(11-15-23)20-22-18-8-4-5-9-19(18)26-20/h4-5,8-9,16-17H,2-3,6-7,10-15H2,1H3/t16-/m0/s1. The van der Waals surface area contributed by atoms with E-state index in [-0.39, 0.29) is 6.04 Å². The van der Waals surface area contributed by atoms with Gasteiger partial charge >= 0.3 is 0 Å². The van der Waals surface area contributed by atoms with Gasteiger partial charge in [0.1, 0.15) is 0 Å². The number of rotatable bonds is 3. The van der Waals surface area contributed by atoms with Crippen molar-refractivity contribution in [3.05, 3.63) is 29.3 Å². The summed E-state index contributed by atoms with van der Waals surface area (Å²) in [5.74, 6) is 0.884. The van der Waals surface area contributed by atoms with Crippen LogP contribution in [0.5, 0.6) is 0 Å². The molecule has 4 rings (SSSR count). The molecule has 1 amide bonds. The van der Waals surface area contributed by atoms with Gasteiger partial charge in [-0.3, -0.25) is 9.69 Å². The molecule has 0 bridgehead atoms. The van der Waals surface area contributed by atoms with Crippen molar-refractivity contribution in [2.45, 2.75) is 57.4 Å². The van der Waals surface area contributed by atoms with Gasteiger partial charge in [-0.1, -0.05) is 25.0 Å². The minimum absolute atomic E-state index is 0.0180. The number of para-hydroxylation sites is 1. The molecule has 4 nitrogen and oxygen atoms in total. The van der Waals surface area contributed by atoms with Crippen molar-refractivity contribution in [2.24, 2.45) is 0 Å². The Kier molecular flexibility index (Phi) is 5.55. The molecule has 5 heteroatoms. The van der Waals surface area contributed by atoms with Gasteiger partial charge in [0.25, 0.3) is 0 Å². The zero-order chi connectivity index (χ0) is 17.9. The summed E-state index contributed by atoms with van der Waals surface area (Å²) in [6.45, 7) is 6.00. The van der Waals surface area contributed by atoms with E-state index in [1.54, 1.807) is 0 Å². The van der Waals surface area contributed by atoms with Gasteiger partial charge in [-0.15, -0.1) is 11.3 Å². The number of amides is 1. The third-order valence-corrected chi connectivity index (χ3v) is 7.21. The molecule has 26 heavy (non-hydrogen) atoms. The first-order valence-electron chi connectivity index (χ1n) is 10.1. The molecule has 140 valence electrons. The molecule has 1 aromatic heterocycles. The highest BCUT2D eigenvalue weighted by Crippen LogP contribution is 2.34. The fourth-order valence-corrected chi connectivity index (χ4v) is 5.45. The predicted octanol–water partition coefficient (Wildman–Crippen LogP) is 4.27. The molecule has 2 aliphatic rings. The van der Waals surface area contributed by atoms with E-state index in [4.69, 9.17) is 4.98 Å². The van der Waals surface area contributed by atoms with Crippen LogP contribution < -0.4 is 0 Å². The Labute approximate surface area is 160 Å². The number of hydrogen-bond donors (Lipinski definition) is 0. The van der Waals surface area contributed by atoms with Gasteiger partial charge in [0.15, 0.2) is 0 Å². The number of aromatic nitrogens is 1. The molecule has 0 unspecified atom stereocenters. The summed E-state index contributed by atoms with van der Waals surface area (Å²) >= 11 is 1.84. The summed E-state index contributed by atoms with van der Waals surface area (Å²) in [6.07, 6.45) is 7.09. The lowest BCUT2D eigenvalue weighted by molar-refractivity contribution is -0.136. The Hall–Kier alpha value is -1.46. The van der Waals surface area contributed by atoms with Crippen molar-refractivity contribution in [3.63, 3.8) is 0 Å². The van der Waals surface area contributed by atoms with Gasteiger partial charge in [-0.2, -0.15) is 0 Å². The maximum absolute atomic E-state index is 12.9. The lowest BCUT2D eigenvalue weighted by Gasteiger charge is -2.36. The van der Waals surface area contributed by atoms with Crippen LogP contribution in [0.4, 0.5) is 0 Å². The Balaban J connectivity index is 1.35. The lowest BCUT2D eigenvalue weighted by Crippen LogP contribution is -2.49. The Morgan fingerprint density at radius 1 is 1.08 bits per heavy atom. The SMILES string of the molecule is C[C@@H](C(=O)N1CCCCCC1)N1CCC(c2nc3ccccc3s2)CC1. The molecule has 0 saturated carbocycles. The van der Waals surface area contributed by atoms with E-state index >= 15 is 0 Å². The van der Waals surface area contributed by atoms with Gasteiger partial charge in [0, 0.05) is 19.0 Å². The summed E-state index contributed by atoms with van der Waals surface area (Å²) in [7, 11) is 0. The Bertz CT molecular complexity index is 710. The van der Waals surface area contributed by atoms with E-state index in [0.717, 1.165) is 57.4 Å². The first-order valence-corrected chi connectivity index (χ1v) is 10.9. The second-order valence-corrected chi connectivity index (χ2v) is 8.81. The summed E-state index contributed by atoms with van der Waals surface area (Å²) in [5.41, 5.74) is 1.12. The van der Waals surface area contributed by atoms with Crippen molar-refractivity contribution in [1.82, 2.24) is 14.8 Å². The quantitative estimate of drug-likeness (QED) is 0.808. The summed E-state index contributed by atoms with van der Waals surface area (Å²) in [5, 5.41) is 1.28. The summed E-state index contributed by atoms with van der Waals surface area (Å²) < 4.78 is 1.29. The molecule has 2 fully saturated rings. The predicted molar refractivity (Wildman–Crippen MR) is 108 cm³/mol. The van der Waals surface area contributed by atoms with Crippen molar-refractivity contribution < 1.29 is 4.79 Å². The molecule has 3 heterocycles. The third-order valence-electron chi connectivity index (χ3n) is 6.01. The maximum Gasteiger partial charge on any atom is 0.239 e. The van der Waals surface area contributed by atoms with Crippen LogP contribution in [0.1, 0.15) is 56.4 Å². The average Bonchev–Trinajstić information content (AvgIpc) is 2.93. The molecular formula is C21H29N3OS. The number of thiazole rings is 1. The lowest BCUT2D eigenvalue weighted by atomic mass is 9.96. The first-order chi connectivity index (χ1) is 12.7.